The van der Waals surface area contributed by atoms with Crippen LogP contribution in [0.25, 0.3) is 5.76 Å². The third-order valence-corrected chi connectivity index (χ3v) is 3.74. The first-order valence-electron chi connectivity index (χ1n) is 7.28. The molecular weight excluding hydrogens is 368 g/mol. The molecule has 2 aromatic carbocycles. The van der Waals surface area contributed by atoms with Crippen LogP contribution in [0.2, 0.25) is 10.0 Å². The van der Waals surface area contributed by atoms with Gasteiger partial charge in [-0.25, -0.2) is 9.18 Å². The molecular formula is C18H14Cl2FNO3. The topological polar surface area (TPSA) is 58.9 Å². The van der Waals surface area contributed by atoms with Gasteiger partial charge in [-0.3, -0.25) is 4.99 Å². The largest absolute Gasteiger partial charge is 0.506 e. The summed E-state index contributed by atoms with van der Waals surface area (Å²) in [6, 6.07) is 10.3. The molecule has 0 aliphatic heterocycles. The number of carbonyl (C=O) groups excluding carboxylic acids is 1. The Hall–Kier alpha value is -2.37. The monoisotopic (exact) mass is 381 g/mol. The van der Waals surface area contributed by atoms with E-state index in [4.69, 9.17) is 27.9 Å². The van der Waals surface area contributed by atoms with E-state index < -0.39 is 11.8 Å². The number of rotatable bonds is 5. The molecule has 4 nitrogen and oxygen atoms in total. The fraction of sp³-hybridized carbons (Fsp3) is 0.111. The van der Waals surface area contributed by atoms with E-state index in [1.165, 1.54) is 12.1 Å². The van der Waals surface area contributed by atoms with Crippen molar-refractivity contribution in [2.45, 2.75) is 6.92 Å². The van der Waals surface area contributed by atoms with Gasteiger partial charge in [-0.05, 0) is 37.3 Å². The molecule has 0 saturated heterocycles. The van der Waals surface area contributed by atoms with Crippen molar-refractivity contribution >= 4 is 46.8 Å². The highest BCUT2D eigenvalue weighted by atomic mass is 35.5. The van der Waals surface area contributed by atoms with Crippen molar-refractivity contribution in [3.8, 4) is 0 Å². The maximum Gasteiger partial charge on any atom is 0.343 e. The minimum Gasteiger partial charge on any atom is -0.506 e. The molecule has 0 heterocycles. The SMILES string of the molecule is CCOC(=O)C(C=Nc1ccc(F)c(Cl)c1)=C(O)c1ccccc1Cl. The summed E-state index contributed by atoms with van der Waals surface area (Å²) in [6.45, 7) is 1.76. The number of benzene rings is 2. The van der Waals surface area contributed by atoms with Gasteiger partial charge in [0.25, 0.3) is 0 Å². The van der Waals surface area contributed by atoms with Crippen molar-refractivity contribution in [3.05, 3.63) is 69.5 Å². The molecule has 0 bridgehead atoms. The summed E-state index contributed by atoms with van der Waals surface area (Å²) in [5, 5.41) is 10.6. The molecule has 0 spiro atoms. The minimum absolute atomic E-state index is 0.105. The lowest BCUT2D eigenvalue weighted by molar-refractivity contribution is -0.137. The minimum atomic E-state index is -0.767. The van der Waals surface area contributed by atoms with Crippen molar-refractivity contribution in [1.29, 1.82) is 0 Å². The summed E-state index contributed by atoms with van der Waals surface area (Å²) in [6.07, 6.45) is 1.13. The smallest absolute Gasteiger partial charge is 0.343 e. The van der Waals surface area contributed by atoms with E-state index >= 15 is 0 Å². The molecule has 2 aromatic rings. The van der Waals surface area contributed by atoms with Crippen molar-refractivity contribution < 1.29 is 19.0 Å². The molecule has 0 amide bonds. The van der Waals surface area contributed by atoms with Gasteiger partial charge in [0.15, 0.2) is 0 Å². The number of carbonyl (C=O) groups is 1. The van der Waals surface area contributed by atoms with Crippen LogP contribution in [0.1, 0.15) is 12.5 Å². The van der Waals surface area contributed by atoms with Crippen LogP contribution in [0.15, 0.2) is 53.0 Å². The quantitative estimate of drug-likeness (QED) is 0.328. The van der Waals surface area contributed by atoms with Crippen molar-refractivity contribution in [1.82, 2.24) is 0 Å². The van der Waals surface area contributed by atoms with Crippen LogP contribution in [-0.2, 0) is 9.53 Å². The van der Waals surface area contributed by atoms with Gasteiger partial charge in [0, 0.05) is 11.8 Å². The van der Waals surface area contributed by atoms with E-state index in [1.807, 2.05) is 0 Å². The van der Waals surface area contributed by atoms with E-state index in [1.54, 1.807) is 31.2 Å². The van der Waals surface area contributed by atoms with Gasteiger partial charge >= 0.3 is 5.97 Å². The number of halogens is 3. The lowest BCUT2D eigenvalue weighted by atomic mass is 10.1. The Morgan fingerprint density at radius 2 is 1.96 bits per heavy atom. The Labute approximate surface area is 154 Å². The van der Waals surface area contributed by atoms with Gasteiger partial charge in [0.05, 0.1) is 22.3 Å². The number of ether oxygens (including phenoxy) is 1. The second-order valence-electron chi connectivity index (χ2n) is 4.82. The highest BCUT2D eigenvalue weighted by Gasteiger charge is 2.18. The molecule has 2 rings (SSSR count). The van der Waals surface area contributed by atoms with Crippen LogP contribution in [0.4, 0.5) is 10.1 Å². The summed E-state index contributed by atoms with van der Waals surface area (Å²) >= 11 is 11.8. The van der Waals surface area contributed by atoms with Crippen LogP contribution < -0.4 is 0 Å². The molecule has 0 saturated carbocycles. The molecule has 25 heavy (non-hydrogen) atoms. The maximum absolute atomic E-state index is 13.2. The third-order valence-electron chi connectivity index (χ3n) is 3.13. The first-order chi connectivity index (χ1) is 11.9. The lowest BCUT2D eigenvalue weighted by Crippen LogP contribution is -2.11. The Bertz CT molecular complexity index is 850. The first kappa shape index (κ1) is 19.0. The van der Waals surface area contributed by atoms with Gasteiger partial charge in [-0.2, -0.15) is 0 Å². The van der Waals surface area contributed by atoms with Gasteiger partial charge in [-0.1, -0.05) is 35.3 Å². The van der Waals surface area contributed by atoms with Crippen LogP contribution in [0.5, 0.6) is 0 Å². The highest BCUT2D eigenvalue weighted by molar-refractivity contribution is 6.32. The number of nitrogens with zero attached hydrogens (tertiary/aromatic N) is 1. The molecule has 7 heteroatoms. The fourth-order valence-corrected chi connectivity index (χ4v) is 2.32. The van der Waals surface area contributed by atoms with Gasteiger partial charge in [0.1, 0.15) is 17.1 Å². The molecule has 0 unspecified atom stereocenters. The van der Waals surface area contributed by atoms with Gasteiger partial charge in [0.2, 0.25) is 0 Å². The second-order valence-corrected chi connectivity index (χ2v) is 5.63. The van der Waals surface area contributed by atoms with E-state index in [-0.39, 0.29) is 33.5 Å². The third kappa shape index (κ3) is 4.81. The normalized spacial score (nSPS) is 12.2. The first-order valence-corrected chi connectivity index (χ1v) is 8.04. The second kappa shape index (κ2) is 8.65. The number of aliphatic hydroxyl groups is 1. The highest BCUT2D eigenvalue weighted by Crippen LogP contribution is 2.25. The number of aliphatic hydroxyl groups excluding tert-OH is 1. The molecule has 1 N–H and O–H groups in total. The average Bonchev–Trinajstić information content (AvgIpc) is 2.58. The van der Waals surface area contributed by atoms with Crippen molar-refractivity contribution in [2.24, 2.45) is 4.99 Å². The standard InChI is InChI=1S/C18H14Cl2FNO3/c1-2-25-18(24)13(17(23)12-5-3-4-6-14(12)19)10-22-11-7-8-16(21)15(20)9-11/h3-10,23H,2H2,1H3. The number of aliphatic imine (C=N–C) groups is 1. The van der Waals surface area contributed by atoms with Crippen molar-refractivity contribution in [2.75, 3.05) is 6.61 Å². The van der Waals surface area contributed by atoms with Crippen molar-refractivity contribution in [3.63, 3.8) is 0 Å². The molecule has 0 fully saturated rings. The molecule has 0 aliphatic rings. The van der Waals surface area contributed by atoms with Gasteiger partial charge in [-0.15, -0.1) is 0 Å². The number of hydrogen-bond donors (Lipinski definition) is 1. The van der Waals surface area contributed by atoms with Crippen LogP contribution in [-0.4, -0.2) is 23.9 Å². The number of hydrogen-bond acceptors (Lipinski definition) is 4. The molecule has 0 radical (unpaired) electrons. The van der Waals surface area contributed by atoms with E-state index in [2.05, 4.69) is 4.99 Å². The van der Waals surface area contributed by atoms with Crippen LogP contribution in [0, 0.1) is 5.82 Å². The summed E-state index contributed by atoms with van der Waals surface area (Å²) in [4.78, 5) is 16.2. The van der Waals surface area contributed by atoms with Crippen LogP contribution >= 0.6 is 23.2 Å². The molecule has 130 valence electrons. The summed E-state index contributed by atoms with van der Waals surface area (Å²) in [5.41, 5.74) is 0.381. The summed E-state index contributed by atoms with van der Waals surface area (Å²) in [7, 11) is 0. The molecule has 0 aliphatic carbocycles. The fourth-order valence-electron chi connectivity index (χ4n) is 1.92. The lowest BCUT2D eigenvalue weighted by Gasteiger charge is -2.08. The predicted molar refractivity (Wildman–Crippen MR) is 97.2 cm³/mol. The Morgan fingerprint density at radius 3 is 2.60 bits per heavy atom. The predicted octanol–water partition coefficient (Wildman–Crippen LogP) is 5.37. The van der Waals surface area contributed by atoms with E-state index in [9.17, 15) is 14.3 Å². The molecule has 0 aromatic heterocycles. The zero-order valence-electron chi connectivity index (χ0n) is 13.2. The van der Waals surface area contributed by atoms with Crippen LogP contribution in [0.3, 0.4) is 0 Å². The van der Waals surface area contributed by atoms with Gasteiger partial charge < -0.3 is 9.84 Å². The summed E-state index contributed by atoms with van der Waals surface area (Å²) < 4.78 is 18.1. The average molecular weight is 382 g/mol. The number of esters is 1. The Morgan fingerprint density at radius 1 is 1.24 bits per heavy atom. The Kier molecular flexibility index (Phi) is 6.56. The Balaban J connectivity index is 2.47. The van der Waals surface area contributed by atoms with E-state index in [0.717, 1.165) is 12.3 Å². The maximum atomic E-state index is 13.2. The zero-order chi connectivity index (χ0) is 18.4. The summed E-state index contributed by atoms with van der Waals surface area (Å²) in [5.74, 6) is -1.72. The van der Waals surface area contributed by atoms with E-state index in [0.29, 0.717) is 5.69 Å². The molecule has 0 atom stereocenters. The zero-order valence-corrected chi connectivity index (χ0v) is 14.7.